The maximum atomic E-state index is 11.7. The lowest BCUT2D eigenvalue weighted by Gasteiger charge is -2.13. The quantitative estimate of drug-likeness (QED) is 0.342. The van der Waals surface area contributed by atoms with Gasteiger partial charge in [-0.2, -0.15) is 0 Å². The van der Waals surface area contributed by atoms with Crippen molar-refractivity contribution in [2.75, 3.05) is 14.2 Å². The summed E-state index contributed by atoms with van der Waals surface area (Å²) < 4.78 is 8.89. The maximum Gasteiger partial charge on any atom is 0.324 e. The lowest BCUT2D eigenvalue weighted by Crippen LogP contribution is -2.25. The van der Waals surface area contributed by atoms with Gasteiger partial charge in [0.05, 0.1) is 35.7 Å². The zero-order valence-corrected chi connectivity index (χ0v) is 11.9. The summed E-state index contributed by atoms with van der Waals surface area (Å²) in [6, 6.07) is 1.73. The Bertz CT molecular complexity index is 639. The van der Waals surface area contributed by atoms with Crippen molar-refractivity contribution in [3.05, 3.63) is 43.5 Å². The summed E-state index contributed by atoms with van der Waals surface area (Å²) in [7, 11) is 2.00. The number of nitro benzene ring substituents is 2. The van der Waals surface area contributed by atoms with Gasteiger partial charge in [-0.05, 0) is 13.0 Å². The van der Waals surface area contributed by atoms with E-state index >= 15 is 0 Å². The van der Waals surface area contributed by atoms with Crippen molar-refractivity contribution in [3.63, 3.8) is 0 Å². The van der Waals surface area contributed by atoms with Gasteiger partial charge in [0.2, 0.25) is 0 Å². The summed E-state index contributed by atoms with van der Waals surface area (Å²) in [6.45, 7) is 1.33. The Morgan fingerprint density at radius 3 is 1.82 bits per heavy atom. The summed E-state index contributed by atoms with van der Waals surface area (Å²) in [5.41, 5.74) is -1.50. The molecule has 0 unspecified atom stereocenters. The van der Waals surface area contributed by atoms with Crippen LogP contribution in [-0.4, -0.2) is 36.0 Å². The average molecular weight is 312 g/mol. The predicted octanol–water partition coefficient (Wildman–Crippen LogP) is 1.24. The molecule has 0 aliphatic carbocycles. The SMILES string of the molecule is COC(=O)C(C(=O)OC)c1cc(C)c([N+](=O)[O-])cc1[N+](=O)[O-]. The molecule has 0 bridgehead atoms. The number of hydrogen-bond acceptors (Lipinski definition) is 8. The van der Waals surface area contributed by atoms with Crippen LogP contribution in [0.2, 0.25) is 0 Å². The van der Waals surface area contributed by atoms with E-state index in [1.54, 1.807) is 0 Å². The molecule has 0 saturated carbocycles. The number of benzene rings is 1. The summed E-state index contributed by atoms with van der Waals surface area (Å²) in [5, 5.41) is 22.0. The van der Waals surface area contributed by atoms with Gasteiger partial charge in [0.1, 0.15) is 0 Å². The third-order valence-electron chi connectivity index (χ3n) is 2.92. The molecule has 0 radical (unpaired) electrons. The van der Waals surface area contributed by atoms with Crippen LogP contribution in [0.5, 0.6) is 0 Å². The van der Waals surface area contributed by atoms with Crippen molar-refractivity contribution in [3.8, 4) is 0 Å². The lowest BCUT2D eigenvalue weighted by molar-refractivity contribution is -0.395. The fourth-order valence-electron chi connectivity index (χ4n) is 1.88. The number of methoxy groups -OCH3 is 2. The van der Waals surface area contributed by atoms with Crippen LogP contribution in [0.15, 0.2) is 12.1 Å². The molecule has 0 atom stereocenters. The molecule has 1 aromatic carbocycles. The summed E-state index contributed by atoms with van der Waals surface area (Å²) in [4.78, 5) is 43.7. The number of ether oxygens (including phenoxy) is 2. The number of nitrogens with zero attached hydrogens (tertiary/aromatic N) is 2. The molecular formula is C12H12N2O8. The molecule has 0 aliphatic rings. The molecule has 0 fully saturated rings. The van der Waals surface area contributed by atoms with Crippen LogP contribution < -0.4 is 0 Å². The fourth-order valence-corrected chi connectivity index (χ4v) is 1.88. The minimum Gasteiger partial charge on any atom is -0.468 e. The third-order valence-corrected chi connectivity index (χ3v) is 2.92. The van der Waals surface area contributed by atoms with Crippen LogP contribution in [0.1, 0.15) is 17.0 Å². The highest BCUT2D eigenvalue weighted by atomic mass is 16.6. The topological polar surface area (TPSA) is 139 Å². The van der Waals surface area contributed by atoms with Crippen molar-refractivity contribution in [1.82, 2.24) is 0 Å². The zero-order valence-electron chi connectivity index (χ0n) is 11.9. The first-order valence-corrected chi connectivity index (χ1v) is 5.83. The molecule has 1 rings (SSSR count). The van der Waals surface area contributed by atoms with Gasteiger partial charge in [0, 0.05) is 5.56 Å². The second-order valence-electron chi connectivity index (χ2n) is 4.19. The molecule has 0 aliphatic heterocycles. The highest BCUT2D eigenvalue weighted by Gasteiger charge is 2.37. The van der Waals surface area contributed by atoms with Crippen LogP contribution in [0.4, 0.5) is 11.4 Å². The molecule has 10 nitrogen and oxygen atoms in total. The van der Waals surface area contributed by atoms with Crippen molar-refractivity contribution in [2.24, 2.45) is 0 Å². The molecule has 0 saturated heterocycles. The minimum absolute atomic E-state index is 0.0587. The Morgan fingerprint density at radius 1 is 1.00 bits per heavy atom. The van der Waals surface area contributed by atoms with Gasteiger partial charge in [0.25, 0.3) is 11.4 Å². The number of hydrogen-bond donors (Lipinski definition) is 0. The van der Waals surface area contributed by atoms with E-state index in [9.17, 15) is 29.8 Å². The van der Waals surface area contributed by atoms with E-state index in [-0.39, 0.29) is 11.1 Å². The molecule has 0 amide bonds. The van der Waals surface area contributed by atoms with Crippen molar-refractivity contribution in [2.45, 2.75) is 12.8 Å². The van der Waals surface area contributed by atoms with Crippen LogP contribution in [0, 0.1) is 27.2 Å². The lowest BCUT2D eigenvalue weighted by atomic mass is 9.95. The highest BCUT2D eigenvalue weighted by Crippen LogP contribution is 2.34. The third kappa shape index (κ3) is 3.16. The first kappa shape index (κ1) is 17.0. The number of rotatable bonds is 5. The van der Waals surface area contributed by atoms with Gasteiger partial charge < -0.3 is 9.47 Å². The minimum atomic E-state index is -1.70. The molecule has 0 heterocycles. The second kappa shape index (κ2) is 6.61. The molecule has 0 aromatic heterocycles. The Hall–Kier alpha value is -3.04. The van der Waals surface area contributed by atoms with Crippen molar-refractivity contribution >= 4 is 23.3 Å². The smallest absolute Gasteiger partial charge is 0.324 e. The Balaban J connectivity index is 3.64. The van der Waals surface area contributed by atoms with Gasteiger partial charge in [-0.15, -0.1) is 0 Å². The Kier molecular flexibility index (Phi) is 5.11. The van der Waals surface area contributed by atoms with E-state index in [0.29, 0.717) is 6.07 Å². The van der Waals surface area contributed by atoms with Gasteiger partial charge in [-0.3, -0.25) is 29.8 Å². The maximum absolute atomic E-state index is 11.7. The molecule has 0 N–H and O–H groups in total. The Labute approximate surface area is 123 Å². The average Bonchev–Trinajstić information content (AvgIpc) is 2.46. The summed E-state index contributed by atoms with van der Waals surface area (Å²) in [5.74, 6) is -3.83. The van der Waals surface area contributed by atoms with Gasteiger partial charge in [-0.25, -0.2) is 0 Å². The van der Waals surface area contributed by atoms with Crippen molar-refractivity contribution < 1.29 is 28.9 Å². The molecule has 22 heavy (non-hydrogen) atoms. The second-order valence-corrected chi connectivity index (χ2v) is 4.19. The van der Waals surface area contributed by atoms with E-state index < -0.39 is 39.1 Å². The van der Waals surface area contributed by atoms with Crippen LogP contribution in [0.3, 0.4) is 0 Å². The van der Waals surface area contributed by atoms with Crippen molar-refractivity contribution in [1.29, 1.82) is 0 Å². The number of aryl methyl sites for hydroxylation is 1. The van der Waals surface area contributed by atoms with Gasteiger partial charge in [-0.1, -0.05) is 0 Å². The number of esters is 2. The summed E-state index contributed by atoms with van der Waals surface area (Å²) >= 11 is 0. The predicted molar refractivity (Wildman–Crippen MR) is 71.3 cm³/mol. The number of nitro groups is 2. The van der Waals surface area contributed by atoms with E-state index in [1.165, 1.54) is 6.92 Å². The zero-order chi connectivity index (χ0) is 17.0. The standard InChI is InChI=1S/C12H12N2O8/c1-6-4-7(10(11(15)21-2)12(16)22-3)9(14(19)20)5-8(6)13(17)18/h4-5,10H,1-3H3. The number of carbonyl (C=O) groups is 2. The van der Waals surface area contributed by atoms with E-state index in [1.807, 2.05) is 0 Å². The van der Waals surface area contributed by atoms with E-state index in [0.717, 1.165) is 20.3 Å². The van der Waals surface area contributed by atoms with Gasteiger partial charge >= 0.3 is 11.9 Å². The first-order chi connectivity index (χ1) is 10.2. The molecule has 0 spiro atoms. The molecular weight excluding hydrogens is 300 g/mol. The molecule has 1 aromatic rings. The van der Waals surface area contributed by atoms with Crippen LogP contribution in [0.25, 0.3) is 0 Å². The first-order valence-electron chi connectivity index (χ1n) is 5.83. The van der Waals surface area contributed by atoms with E-state index in [2.05, 4.69) is 9.47 Å². The van der Waals surface area contributed by atoms with E-state index in [4.69, 9.17) is 0 Å². The van der Waals surface area contributed by atoms with Crippen LogP contribution in [-0.2, 0) is 19.1 Å². The molecule has 118 valence electrons. The normalized spacial score (nSPS) is 10.2. The Morgan fingerprint density at radius 2 is 1.45 bits per heavy atom. The largest absolute Gasteiger partial charge is 0.468 e. The fraction of sp³-hybridized carbons (Fsp3) is 0.333. The van der Waals surface area contributed by atoms with Crippen LogP contribution >= 0.6 is 0 Å². The summed E-state index contributed by atoms with van der Waals surface area (Å²) in [6.07, 6.45) is 0. The highest BCUT2D eigenvalue weighted by molar-refractivity contribution is 6.01. The van der Waals surface area contributed by atoms with Gasteiger partial charge in [0.15, 0.2) is 5.92 Å². The number of carbonyl (C=O) groups excluding carboxylic acids is 2. The monoisotopic (exact) mass is 312 g/mol. The molecule has 10 heteroatoms.